The molecule has 0 atom stereocenters. The van der Waals surface area contributed by atoms with Gasteiger partial charge in [0.2, 0.25) is 11.8 Å². The first kappa shape index (κ1) is 24.4. The molecule has 1 aliphatic rings. The summed E-state index contributed by atoms with van der Waals surface area (Å²) < 4.78 is 11.6. The van der Waals surface area contributed by atoms with E-state index < -0.39 is 5.41 Å². The highest BCUT2D eigenvalue weighted by atomic mass is 16.5. The third-order valence-corrected chi connectivity index (χ3v) is 6.09. The molecule has 4 aromatic carbocycles. The Hall–Kier alpha value is -5.29. The molecule has 0 saturated heterocycles. The standard InChI is InChI=1S/C30H23N3O5/c31-19-20-7-11-24(12-8-20)37-26-5-1-3-21(17-26)32-28(35)30(15-16-30)29(36)33-22-4-2-6-27(18-22)38-25-13-9-23(34)10-14-25/h1-14,17-18,34H,15-16H2,(H,32,35)(H,33,36). The first-order valence-corrected chi connectivity index (χ1v) is 11.9. The van der Waals surface area contributed by atoms with Gasteiger partial charge >= 0.3 is 0 Å². The third-order valence-electron chi connectivity index (χ3n) is 6.09. The van der Waals surface area contributed by atoms with Gasteiger partial charge in [-0.1, -0.05) is 12.1 Å². The van der Waals surface area contributed by atoms with Gasteiger partial charge in [0, 0.05) is 23.5 Å². The Labute approximate surface area is 219 Å². The highest BCUT2D eigenvalue weighted by Crippen LogP contribution is 2.47. The molecule has 5 rings (SSSR count). The summed E-state index contributed by atoms with van der Waals surface area (Å²) in [6, 6.07) is 28.8. The van der Waals surface area contributed by atoms with E-state index >= 15 is 0 Å². The van der Waals surface area contributed by atoms with E-state index in [1.54, 1.807) is 84.9 Å². The van der Waals surface area contributed by atoms with E-state index in [0.29, 0.717) is 52.8 Å². The zero-order chi connectivity index (χ0) is 26.5. The fourth-order valence-electron chi connectivity index (χ4n) is 3.84. The molecule has 0 unspecified atom stereocenters. The Morgan fingerprint density at radius 3 is 1.63 bits per heavy atom. The van der Waals surface area contributed by atoms with Crippen molar-refractivity contribution in [3.05, 3.63) is 103 Å². The lowest BCUT2D eigenvalue weighted by atomic mass is 10.0. The number of ether oxygens (including phenoxy) is 2. The highest BCUT2D eigenvalue weighted by molar-refractivity contribution is 6.17. The van der Waals surface area contributed by atoms with Crippen molar-refractivity contribution in [1.29, 1.82) is 5.26 Å². The second kappa shape index (κ2) is 10.4. The summed E-state index contributed by atoms with van der Waals surface area (Å²) in [5.74, 6) is 1.46. The zero-order valence-electron chi connectivity index (χ0n) is 20.2. The lowest BCUT2D eigenvalue weighted by Gasteiger charge is -2.16. The number of carbonyl (C=O) groups is 2. The van der Waals surface area contributed by atoms with Crippen molar-refractivity contribution >= 4 is 23.2 Å². The van der Waals surface area contributed by atoms with Gasteiger partial charge in [-0.05, 0) is 85.6 Å². The Morgan fingerprint density at radius 1 is 0.711 bits per heavy atom. The van der Waals surface area contributed by atoms with Crippen LogP contribution in [0.4, 0.5) is 11.4 Å². The van der Waals surface area contributed by atoms with E-state index in [0.717, 1.165) is 0 Å². The van der Waals surface area contributed by atoms with Crippen LogP contribution in [-0.2, 0) is 9.59 Å². The summed E-state index contributed by atoms with van der Waals surface area (Å²) in [4.78, 5) is 26.2. The molecule has 8 nitrogen and oxygen atoms in total. The number of benzene rings is 4. The molecule has 3 N–H and O–H groups in total. The van der Waals surface area contributed by atoms with Gasteiger partial charge in [0.1, 0.15) is 34.2 Å². The molecule has 38 heavy (non-hydrogen) atoms. The van der Waals surface area contributed by atoms with Crippen molar-refractivity contribution in [2.24, 2.45) is 5.41 Å². The van der Waals surface area contributed by atoms with Crippen molar-refractivity contribution in [2.45, 2.75) is 12.8 Å². The van der Waals surface area contributed by atoms with E-state index in [-0.39, 0.29) is 17.6 Å². The average molecular weight is 506 g/mol. The van der Waals surface area contributed by atoms with Crippen LogP contribution in [0.1, 0.15) is 18.4 Å². The normalized spacial score (nSPS) is 13.0. The molecule has 1 aliphatic carbocycles. The number of nitriles is 1. The molecule has 2 amide bonds. The minimum Gasteiger partial charge on any atom is -0.508 e. The minimum absolute atomic E-state index is 0.136. The fourth-order valence-corrected chi connectivity index (χ4v) is 3.84. The van der Waals surface area contributed by atoms with Crippen LogP contribution in [-0.4, -0.2) is 16.9 Å². The number of aromatic hydroxyl groups is 1. The van der Waals surface area contributed by atoms with Gasteiger partial charge in [-0.15, -0.1) is 0 Å². The second-order valence-electron chi connectivity index (χ2n) is 8.88. The van der Waals surface area contributed by atoms with E-state index in [1.165, 1.54) is 12.1 Å². The van der Waals surface area contributed by atoms with Crippen molar-refractivity contribution in [1.82, 2.24) is 0 Å². The lowest BCUT2D eigenvalue weighted by Crippen LogP contribution is -2.35. The number of anilines is 2. The maximum Gasteiger partial charge on any atom is 0.240 e. The molecule has 0 radical (unpaired) electrons. The number of phenolic OH excluding ortho intramolecular Hbond substituents is 1. The van der Waals surface area contributed by atoms with Crippen LogP contribution in [0.15, 0.2) is 97.1 Å². The van der Waals surface area contributed by atoms with Crippen molar-refractivity contribution < 1.29 is 24.2 Å². The van der Waals surface area contributed by atoms with Crippen LogP contribution in [0.2, 0.25) is 0 Å². The Kier molecular flexibility index (Phi) is 6.66. The molecule has 0 spiro atoms. The second-order valence-corrected chi connectivity index (χ2v) is 8.88. The molecular formula is C30H23N3O5. The Morgan fingerprint density at radius 2 is 1.18 bits per heavy atom. The predicted octanol–water partition coefficient (Wildman–Crippen LogP) is 6.21. The molecule has 188 valence electrons. The van der Waals surface area contributed by atoms with Crippen LogP contribution >= 0.6 is 0 Å². The monoisotopic (exact) mass is 505 g/mol. The fraction of sp³-hybridized carbons (Fsp3) is 0.100. The number of rotatable bonds is 8. The van der Waals surface area contributed by atoms with Gasteiger partial charge in [0.05, 0.1) is 11.6 Å². The van der Waals surface area contributed by atoms with Crippen LogP contribution in [0, 0.1) is 16.7 Å². The number of phenols is 1. The summed E-state index contributed by atoms with van der Waals surface area (Å²) >= 11 is 0. The summed E-state index contributed by atoms with van der Waals surface area (Å²) in [5.41, 5.74) is 0.383. The van der Waals surface area contributed by atoms with Crippen molar-refractivity contribution in [3.8, 4) is 34.8 Å². The molecule has 0 heterocycles. The van der Waals surface area contributed by atoms with Gasteiger partial charge in [0.25, 0.3) is 0 Å². The number of hydrogen-bond acceptors (Lipinski definition) is 6. The van der Waals surface area contributed by atoms with Gasteiger partial charge in [-0.3, -0.25) is 9.59 Å². The summed E-state index contributed by atoms with van der Waals surface area (Å²) in [6.45, 7) is 0. The number of amides is 2. The molecule has 0 aromatic heterocycles. The number of carbonyl (C=O) groups excluding carboxylic acids is 2. The third kappa shape index (κ3) is 5.58. The topological polar surface area (TPSA) is 121 Å². The predicted molar refractivity (Wildman–Crippen MR) is 141 cm³/mol. The summed E-state index contributed by atoms with van der Waals surface area (Å²) in [6.07, 6.45) is 0.881. The zero-order valence-corrected chi connectivity index (χ0v) is 20.2. The molecule has 1 saturated carbocycles. The maximum absolute atomic E-state index is 13.1. The van der Waals surface area contributed by atoms with Crippen molar-refractivity contribution in [2.75, 3.05) is 10.6 Å². The Bertz CT molecular complexity index is 1520. The van der Waals surface area contributed by atoms with E-state index in [1.807, 2.05) is 0 Å². The summed E-state index contributed by atoms with van der Waals surface area (Å²) in [5, 5.41) is 24.0. The van der Waals surface area contributed by atoms with E-state index in [4.69, 9.17) is 14.7 Å². The molecule has 1 fully saturated rings. The maximum atomic E-state index is 13.1. The molecule has 8 heteroatoms. The largest absolute Gasteiger partial charge is 0.508 e. The van der Waals surface area contributed by atoms with Crippen molar-refractivity contribution in [3.63, 3.8) is 0 Å². The molecular weight excluding hydrogens is 482 g/mol. The average Bonchev–Trinajstić information content (AvgIpc) is 3.74. The first-order chi connectivity index (χ1) is 18.4. The summed E-state index contributed by atoms with van der Waals surface area (Å²) in [7, 11) is 0. The number of nitrogens with zero attached hydrogens (tertiary/aromatic N) is 1. The van der Waals surface area contributed by atoms with E-state index in [9.17, 15) is 14.7 Å². The smallest absolute Gasteiger partial charge is 0.240 e. The molecule has 0 aliphatic heterocycles. The van der Waals surface area contributed by atoms with Crippen LogP contribution < -0.4 is 20.1 Å². The SMILES string of the molecule is N#Cc1ccc(Oc2cccc(NC(=O)C3(C(=O)Nc4cccc(Oc5ccc(O)cc5)c4)CC3)c2)cc1. The van der Waals surface area contributed by atoms with Gasteiger partial charge in [-0.2, -0.15) is 5.26 Å². The number of nitrogens with one attached hydrogen (secondary N) is 2. The highest BCUT2D eigenvalue weighted by Gasteiger charge is 2.56. The van der Waals surface area contributed by atoms with E-state index in [2.05, 4.69) is 16.7 Å². The van der Waals surface area contributed by atoms with Gasteiger partial charge in [-0.25, -0.2) is 0 Å². The minimum atomic E-state index is -1.15. The molecule has 4 aromatic rings. The van der Waals surface area contributed by atoms with Gasteiger partial charge in [0.15, 0.2) is 0 Å². The van der Waals surface area contributed by atoms with Crippen LogP contribution in [0.5, 0.6) is 28.7 Å². The van der Waals surface area contributed by atoms with Crippen LogP contribution in [0.25, 0.3) is 0 Å². The number of hydrogen-bond donors (Lipinski definition) is 3. The first-order valence-electron chi connectivity index (χ1n) is 11.9. The lowest BCUT2D eigenvalue weighted by molar-refractivity contribution is -0.131. The molecule has 0 bridgehead atoms. The van der Waals surface area contributed by atoms with Gasteiger partial charge < -0.3 is 25.2 Å². The Balaban J connectivity index is 1.22. The van der Waals surface area contributed by atoms with Crippen LogP contribution in [0.3, 0.4) is 0 Å². The quantitative estimate of drug-likeness (QED) is 0.245.